The van der Waals surface area contributed by atoms with Crippen LogP contribution in [-0.2, 0) is 7.05 Å². The zero-order valence-electron chi connectivity index (χ0n) is 14.6. The Hall–Kier alpha value is -2.15. The number of aromatic nitrogens is 3. The fraction of sp³-hybridized carbons (Fsp3) is 0.588. The molecule has 0 bridgehead atoms. The van der Waals surface area contributed by atoms with Gasteiger partial charge in [-0.25, -0.2) is 4.68 Å². The van der Waals surface area contributed by atoms with Crippen LogP contribution < -0.4 is 10.1 Å². The molecule has 1 fully saturated rings. The third-order valence-electron chi connectivity index (χ3n) is 4.66. The Morgan fingerprint density at radius 1 is 1.42 bits per heavy atom. The first-order valence-corrected chi connectivity index (χ1v) is 8.62. The second kappa shape index (κ2) is 7.17. The van der Waals surface area contributed by atoms with Crippen molar-refractivity contribution in [1.29, 1.82) is 0 Å². The van der Waals surface area contributed by atoms with Crippen molar-refractivity contribution >= 4 is 16.9 Å². The van der Waals surface area contributed by atoms with Crippen molar-refractivity contribution in [3.05, 3.63) is 17.7 Å². The van der Waals surface area contributed by atoms with Crippen molar-refractivity contribution in [1.82, 2.24) is 25.2 Å². The van der Waals surface area contributed by atoms with Crippen LogP contribution in [-0.4, -0.2) is 58.1 Å². The normalized spacial score (nSPS) is 18.2. The molecule has 0 spiro atoms. The second-order valence-electron chi connectivity index (χ2n) is 6.12. The van der Waals surface area contributed by atoms with Crippen molar-refractivity contribution in [2.75, 3.05) is 26.2 Å². The van der Waals surface area contributed by atoms with Crippen LogP contribution in [0.15, 0.2) is 12.1 Å². The van der Waals surface area contributed by atoms with Crippen molar-refractivity contribution in [2.24, 2.45) is 7.05 Å². The van der Waals surface area contributed by atoms with Gasteiger partial charge in [-0.1, -0.05) is 12.1 Å². The van der Waals surface area contributed by atoms with E-state index in [0.717, 1.165) is 25.0 Å². The Morgan fingerprint density at radius 2 is 2.25 bits per heavy atom. The fourth-order valence-electron chi connectivity index (χ4n) is 3.36. The summed E-state index contributed by atoms with van der Waals surface area (Å²) >= 11 is 0. The number of carbonyl (C=O) groups is 1. The zero-order chi connectivity index (χ0) is 17.1. The molecule has 0 saturated carbocycles. The number of benzene rings is 1. The number of hydrogen-bond acceptors (Lipinski definition) is 5. The van der Waals surface area contributed by atoms with Crippen LogP contribution in [0.5, 0.6) is 5.75 Å². The molecule has 1 aromatic heterocycles. The van der Waals surface area contributed by atoms with E-state index >= 15 is 0 Å². The lowest BCUT2D eigenvalue weighted by Gasteiger charge is -2.23. The van der Waals surface area contributed by atoms with Crippen molar-refractivity contribution in [2.45, 2.75) is 32.7 Å². The van der Waals surface area contributed by atoms with Crippen molar-refractivity contribution < 1.29 is 9.53 Å². The van der Waals surface area contributed by atoms with Gasteiger partial charge in [0.25, 0.3) is 5.91 Å². The highest BCUT2D eigenvalue weighted by Gasteiger charge is 2.24. The molecule has 1 aromatic carbocycles. The number of hydrogen-bond donors (Lipinski definition) is 1. The lowest BCUT2D eigenvalue weighted by Crippen LogP contribution is -2.40. The molecule has 0 radical (unpaired) electrons. The fourth-order valence-corrected chi connectivity index (χ4v) is 3.36. The smallest absolute Gasteiger partial charge is 0.255 e. The number of rotatable bonds is 6. The minimum Gasteiger partial charge on any atom is -0.493 e. The van der Waals surface area contributed by atoms with Gasteiger partial charge in [-0.2, -0.15) is 0 Å². The topological polar surface area (TPSA) is 72.3 Å². The molecule has 1 saturated heterocycles. The maximum atomic E-state index is 12.7. The third-order valence-corrected chi connectivity index (χ3v) is 4.66. The molecule has 1 aliphatic heterocycles. The summed E-state index contributed by atoms with van der Waals surface area (Å²) in [4.78, 5) is 15.1. The predicted molar refractivity (Wildman–Crippen MR) is 92.3 cm³/mol. The van der Waals surface area contributed by atoms with E-state index in [-0.39, 0.29) is 5.91 Å². The van der Waals surface area contributed by atoms with Crippen LogP contribution in [0.1, 0.15) is 37.0 Å². The van der Waals surface area contributed by atoms with E-state index in [9.17, 15) is 4.79 Å². The average Bonchev–Trinajstić information content (AvgIpc) is 3.19. The largest absolute Gasteiger partial charge is 0.493 e. The van der Waals surface area contributed by atoms with Crippen molar-refractivity contribution in [3.63, 3.8) is 0 Å². The Morgan fingerprint density at radius 3 is 3.00 bits per heavy atom. The van der Waals surface area contributed by atoms with Gasteiger partial charge in [0.05, 0.1) is 17.7 Å². The molecule has 1 aliphatic rings. The lowest BCUT2D eigenvalue weighted by atomic mass is 10.1. The van der Waals surface area contributed by atoms with Crippen molar-refractivity contribution in [3.8, 4) is 5.75 Å². The van der Waals surface area contributed by atoms with E-state index < -0.39 is 0 Å². The molecule has 2 aromatic rings. The highest BCUT2D eigenvalue weighted by atomic mass is 16.5. The van der Waals surface area contributed by atoms with E-state index in [1.807, 2.05) is 20.0 Å². The first-order chi connectivity index (χ1) is 11.6. The maximum Gasteiger partial charge on any atom is 0.255 e. The summed E-state index contributed by atoms with van der Waals surface area (Å²) in [5.41, 5.74) is 2.07. The lowest BCUT2D eigenvalue weighted by molar-refractivity contribution is 0.0937. The first kappa shape index (κ1) is 16.7. The monoisotopic (exact) mass is 331 g/mol. The van der Waals surface area contributed by atoms with E-state index in [1.165, 1.54) is 6.42 Å². The summed E-state index contributed by atoms with van der Waals surface area (Å²) in [5.74, 6) is 0.459. The standard InChI is InChI=1S/C17H25N5O2/c1-4-22-8-6-7-12(22)11-18-17(23)13-9-14-15(21(3)20-19-14)10-16(13)24-5-2/h9-10,12H,4-8,11H2,1-3H3,(H,18,23). The molecular weight excluding hydrogens is 306 g/mol. The number of aryl methyl sites for hydroxylation is 1. The number of likely N-dealkylation sites (tertiary alicyclic amines) is 1. The van der Waals surface area contributed by atoms with Crippen LogP contribution >= 0.6 is 0 Å². The zero-order valence-corrected chi connectivity index (χ0v) is 14.6. The van der Waals surface area contributed by atoms with Gasteiger partial charge in [0, 0.05) is 25.7 Å². The summed E-state index contributed by atoms with van der Waals surface area (Å²) in [6.07, 6.45) is 2.33. The van der Waals surface area contributed by atoms with Gasteiger partial charge in [-0.05, 0) is 38.9 Å². The molecule has 1 atom stereocenters. The summed E-state index contributed by atoms with van der Waals surface area (Å²) in [7, 11) is 1.82. The molecule has 2 heterocycles. The van der Waals surface area contributed by atoms with Crippen LogP contribution in [0.2, 0.25) is 0 Å². The summed E-state index contributed by atoms with van der Waals surface area (Å²) in [6, 6.07) is 4.02. The number of ether oxygens (including phenoxy) is 1. The Balaban J connectivity index is 1.79. The van der Waals surface area contributed by atoms with E-state index in [1.54, 1.807) is 10.7 Å². The first-order valence-electron chi connectivity index (χ1n) is 8.62. The minimum absolute atomic E-state index is 0.117. The Labute approximate surface area is 142 Å². The van der Waals surface area contributed by atoms with Gasteiger partial charge < -0.3 is 10.1 Å². The number of nitrogens with zero attached hydrogens (tertiary/aromatic N) is 4. The SMILES string of the molecule is CCOc1cc2c(cc1C(=O)NCC1CCCN1CC)nnn2C. The molecule has 7 heteroatoms. The van der Waals surface area contributed by atoms with Gasteiger partial charge in [0.15, 0.2) is 0 Å². The van der Waals surface area contributed by atoms with Gasteiger partial charge in [0.1, 0.15) is 11.3 Å². The molecule has 24 heavy (non-hydrogen) atoms. The molecule has 3 rings (SSSR count). The van der Waals surface area contributed by atoms with Crippen LogP contribution in [0.3, 0.4) is 0 Å². The number of carbonyl (C=O) groups excluding carboxylic acids is 1. The van der Waals surface area contributed by atoms with Crippen LogP contribution in [0.25, 0.3) is 11.0 Å². The average molecular weight is 331 g/mol. The van der Waals surface area contributed by atoms with Crippen LogP contribution in [0, 0.1) is 0 Å². The van der Waals surface area contributed by atoms with E-state index in [2.05, 4.69) is 27.5 Å². The number of nitrogens with one attached hydrogen (secondary N) is 1. The third kappa shape index (κ3) is 3.21. The summed E-state index contributed by atoms with van der Waals surface area (Å²) < 4.78 is 7.34. The van der Waals surface area contributed by atoms with Gasteiger partial charge in [0.2, 0.25) is 0 Å². The summed E-state index contributed by atoms with van der Waals surface area (Å²) in [6.45, 7) is 7.38. The molecule has 1 unspecified atom stereocenters. The second-order valence-corrected chi connectivity index (χ2v) is 6.12. The van der Waals surface area contributed by atoms with Gasteiger partial charge in [-0.15, -0.1) is 5.10 Å². The number of fused-ring (bicyclic) bond motifs is 1. The van der Waals surface area contributed by atoms with Gasteiger partial charge in [-0.3, -0.25) is 9.69 Å². The Kier molecular flexibility index (Phi) is 4.99. The Bertz CT molecular complexity index is 727. The molecular formula is C17H25N5O2. The maximum absolute atomic E-state index is 12.7. The quantitative estimate of drug-likeness (QED) is 0.870. The molecule has 7 nitrogen and oxygen atoms in total. The van der Waals surface area contributed by atoms with E-state index in [0.29, 0.717) is 36.0 Å². The predicted octanol–water partition coefficient (Wildman–Crippen LogP) is 1.58. The highest BCUT2D eigenvalue weighted by Crippen LogP contribution is 2.25. The molecule has 1 N–H and O–H groups in total. The van der Waals surface area contributed by atoms with E-state index in [4.69, 9.17) is 4.74 Å². The number of amides is 1. The number of likely N-dealkylation sites (N-methyl/N-ethyl adjacent to an activating group) is 1. The van der Waals surface area contributed by atoms with Gasteiger partial charge >= 0.3 is 0 Å². The molecule has 1 amide bonds. The van der Waals surface area contributed by atoms with Crippen LogP contribution in [0.4, 0.5) is 0 Å². The molecule has 0 aliphatic carbocycles. The highest BCUT2D eigenvalue weighted by molar-refractivity contribution is 6.00. The molecule has 130 valence electrons. The summed E-state index contributed by atoms with van der Waals surface area (Å²) in [5, 5.41) is 11.2. The minimum atomic E-state index is -0.117.